The van der Waals surface area contributed by atoms with E-state index in [1.165, 1.54) is 0 Å². The first-order chi connectivity index (χ1) is 13.5. The van der Waals surface area contributed by atoms with E-state index in [1.807, 2.05) is 13.0 Å². The number of amides is 2. The van der Waals surface area contributed by atoms with Gasteiger partial charge in [0.1, 0.15) is 0 Å². The molecule has 0 saturated heterocycles. The number of carboxylic acid groups (broad SMARTS) is 1. The predicted octanol–water partition coefficient (Wildman–Crippen LogP) is 2.74. The largest absolute Gasteiger partial charge is 0.550 e. The van der Waals surface area contributed by atoms with Crippen molar-refractivity contribution >= 4 is 29.2 Å². The van der Waals surface area contributed by atoms with Crippen LogP contribution in [0.25, 0.3) is 0 Å². The normalized spacial score (nSPS) is 18.9. The van der Waals surface area contributed by atoms with Crippen LogP contribution >= 0.6 is 0 Å². The highest BCUT2D eigenvalue weighted by Gasteiger charge is 2.31. The number of carboxylic acids is 1. The second-order valence-electron chi connectivity index (χ2n) is 7.16. The van der Waals surface area contributed by atoms with Gasteiger partial charge in [0, 0.05) is 34.7 Å². The Morgan fingerprint density at radius 3 is 2.25 bits per heavy atom. The maximum absolute atomic E-state index is 12.6. The van der Waals surface area contributed by atoms with Gasteiger partial charge in [-0.1, -0.05) is 31.0 Å². The number of hydrogen-bond acceptors (Lipinski definition) is 4. The molecule has 2 aromatic carbocycles. The SMILES string of the molecule is Cc1cc(NC(=O)[C@@H]2CCCC[C@H]2C(=O)[O-])ccc1NC(=O)c1ccccc1. The summed E-state index contributed by atoms with van der Waals surface area (Å²) in [5.74, 6) is -2.97. The van der Waals surface area contributed by atoms with Gasteiger partial charge in [-0.25, -0.2) is 0 Å². The fourth-order valence-electron chi connectivity index (χ4n) is 3.63. The van der Waals surface area contributed by atoms with Gasteiger partial charge >= 0.3 is 0 Å². The van der Waals surface area contributed by atoms with Crippen molar-refractivity contribution in [1.82, 2.24) is 0 Å². The fraction of sp³-hybridized carbons (Fsp3) is 0.318. The third-order valence-electron chi connectivity index (χ3n) is 5.18. The molecule has 1 fully saturated rings. The number of benzene rings is 2. The molecule has 2 amide bonds. The van der Waals surface area contributed by atoms with Crippen LogP contribution in [0.4, 0.5) is 11.4 Å². The second kappa shape index (κ2) is 8.69. The first-order valence-electron chi connectivity index (χ1n) is 9.44. The summed E-state index contributed by atoms with van der Waals surface area (Å²) in [7, 11) is 0. The molecule has 0 aliphatic heterocycles. The molecular formula is C22H23N2O4-. The van der Waals surface area contributed by atoms with Crippen LogP contribution in [0.3, 0.4) is 0 Å². The molecule has 0 bridgehead atoms. The molecule has 2 atom stereocenters. The van der Waals surface area contributed by atoms with Gasteiger partial charge in [0.15, 0.2) is 0 Å². The standard InChI is InChI=1S/C22H24N2O4/c1-14-13-16(23-21(26)17-9-5-6-10-18(17)22(27)28)11-12-19(14)24-20(25)15-7-3-2-4-8-15/h2-4,7-8,11-13,17-18H,5-6,9-10H2,1H3,(H,23,26)(H,24,25)(H,27,28)/p-1/t17-,18-/m1/s1. The van der Waals surface area contributed by atoms with Gasteiger partial charge < -0.3 is 20.5 Å². The van der Waals surface area contributed by atoms with Crippen LogP contribution in [0.15, 0.2) is 48.5 Å². The molecule has 0 radical (unpaired) electrons. The van der Waals surface area contributed by atoms with E-state index in [4.69, 9.17) is 0 Å². The highest BCUT2D eigenvalue weighted by molar-refractivity contribution is 6.05. The lowest BCUT2D eigenvalue weighted by atomic mass is 9.78. The summed E-state index contributed by atoms with van der Waals surface area (Å²) in [4.78, 5) is 36.2. The Labute approximate surface area is 164 Å². The number of carbonyl (C=O) groups is 3. The third-order valence-corrected chi connectivity index (χ3v) is 5.18. The zero-order valence-corrected chi connectivity index (χ0v) is 15.7. The molecule has 2 aromatic rings. The topological polar surface area (TPSA) is 98.3 Å². The molecule has 1 saturated carbocycles. The van der Waals surface area contributed by atoms with E-state index in [1.54, 1.807) is 42.5 Å². The molecule has 1 aliphatic carbocycles. The maximum Gasteiger partial charge on any atom is 0.255 e. The van der Waals surface area contributed by atoms with Crippen molar-refractivity contribution in [2.24, 2.45) is 11.8 Å². The van der Waals surface area contributed by atoms with Crippen molar-refractivity contribution in [2.75, 3.05) is 10.6 Å². The number of nitrogens with one attached hydrogen (secondary N) is 2. The van der Waals surface area contributed by atoms with Crippen LogP contribution in [-0.2, 0) is 9.59 Å². The molecule has 0 heterocycles. The number of hydrogen-bond donors (Lipinski definition) is 2. The van der Waals surface area contributed by atoms with Gasteiger partial charge in [-0.05, 0) is 55.7 Å². The van der Waals surface area contributed by atoms with Crippen LogP contribution < -0.4 is 15.7 Å². The smallest absolute Gasteiger partial charge is 0.255 e. The molecule has 6 nitrogen and oxygen atoms in total. The second-order valence-corrected chi connectivity index (χ2v) is 7.16. The summed E-state index contributed by atoms with van der Waals surface area (Å²) < 4.78 is 0. The van der Waals surface area contributed by atoms with Gasteiger partial charge in [-0.15, -0.1) is 0 Å². The van der Waals surface area contributed by atoms with E-state index in [2.05, 4.69) is 10.6 Å². The first kappa shape index (κ1) is 19.6. The molecule has 2 N–H and O–H groups in total. The molecule has 0 spiro atoms. The van der Waals surface area contributed by atoms with Crippen molar-refractivity contribution in [3.63, 3.8) is 0 Å². The lowest BCUT2D eigenvalue weighted by Gasteiger charge is -2.31. The van der Waals surface area contributed by atoms with Crippen LogP contribution in [0.5, 0.6) is 0 Å². The van der Waals surface area contributed by atoms with Gasteiger partial charge in [0.2, 0.25) is 5.91 Å². The average Bonchev–Trinajstić information content (AvgIpc) is 2.70. The van der Waals surface area contributed by atoms with Crippen LogP contribution in [0.2, 0.25) is 0 Å². The quantitative estimate of drug-likeness (QED) is 0.834. The Bertz CT molecular complexity index is 879. The summed E-state index contributed by atoms with van der Waals surface area (Å²) in [5, 5.41) is 17.0. The van der Waals surface area contributed by atoms with Crippen molar-refractivity contribution < 1.29 is 19.5 Å². The number of carbonyl (C=O) groups excluding carboxylic acids is 3. The number of rotatable bonds is 5. The van der Waals surface area contributed by atoms with E-state index in [0.29, 0.717) is 29.8 Å². The molecule has 3 rings (SSSR count). The number of anilines is 2. The Kier molecular flexibility index (Phi) is 6.09. The molecule has 0 aromatic heterocycles. The first-order valence-corrected chi connectivity index (χ1v) is 9.44. The Hall–Kier alpha value is -3.15. The van der Waals surface area contributed by atoms with E-state index in [9.17, 15) is 19.5 Å². The highest BCUT2D eigenvalue weighted by atomic mass is 16.4. The van der Waals surface area contributed by atoms with Crippen LogP contribution in [-0.4, -0.2) is 17.8 Å². The zero-order chi connectivity index (χ0) is 20.1. The third kappa shape index (κ3) is 4.57. The summed E-state index contributed by atoms with van der Waals surface area (Å²) in [6.45, 7) is 1.83. The minimum atomic E-state index is -1.16. The molecule has 0 unspecified atom stereocenters. The van der Waals surface area contributed by atoms with E-state index < -0.39 is 17.8 Å². The predicted molar refractivity (Wildman–Crippen MR) is 105 cm³/mol. The van der Waals surface area contributed by atoms with Crippen LogP contribution in [0, 0.1) is 18.8 Å². The Morgan fingerprint density at radius 2 is 1.61 bits per heavy atom. The van der Waals surface area contributed by atoms with E-state index >= 15 is 0 Å². The summed E-state index contributed by atoms with van der Waals surface area (Å²) in [5.41, 5.74) is 2.58. The molecule has 1 aliphatic rings. The monoisotopic (exact) mass is 379 g/mol. The van der Waals surface area contributed by atoms with E-state index in [-0.39, 0.29) is 11.8 Å². The van der Waals surface area contributed by atoms with Crippen molar-refractivity contribution in [3.8, 4) is 0 Å². The van der Waals surface area contributed by atoms with Crippen molar-refractivity contribution in [3.05, 3.63) is 59.7 Å². The Balaban J connectivity index is 1.67. The minimum absolute atomic E-state index is 0.209. The lowest BCUT2D eigenvalue weighted by Crippen LogP contribution is -2.42. The summed E-state index contributed by atoms with van der Waals surface area (Å²) in [6, 6.07) is 14.1. The molecule has 28 heavy (non-hydrogen) atoms. The van der Waals surface area contributed by atoms with Crippen molar-refractivity contribution in [2.45, 2.75) is 32.6 Å². The zero-order valence-electron chi connectivity index (χ0n) is 15.7. The van der Waals surface area contributed by atoms with E-state index in [0.717, 1.165) is 18.4 Å². The summed E-state index contributed by atoms with van der Waals surface area (Å²) in [6.07, 6.45) is 2.67. The lowest BCUT2D eigenvalue weighted by molar-refractivity contribution is -0.313. The maximum atomic E-state index is 12.6. The van der Waals surface area contributed by atoms with Crippen molar-refractivity contribution in [1.29, 1.82) is 0 Å². The van der Waals surface area contributed by atoms with Crippen LogP contribution in [0.1, 0.15) is 41.6 Å². The highest BCUT2D eigenvalue weighted by Crippen LogP contribution is 2.31. The minimum Gasteiger partial charge on any atom is -0.550 e. The molecular weight excluding hydrogens is 356 g/mol. The van der Waals surface area contributed by atoms with Gasteiger partial charge in [-0.3, -0.25) is 9.59 Å². The molecule has 146 valence electrons. The van der Waals surface area contributed by atoms with Gasteiger partial charge in [0.05, 0.1) is 0 Å². The van der Waals surface area contributed by atoms with Gasteiger partial charge in [0.25, 0.3) is 5.91 Å². The number of aliphatic carboxylic acids is 1. The molecule has 6 heteroatoms. The fourth-order valence-corrected chi connectivity index (χ4v) is 3.63. The average molecular weight is 379 g/mol. The number of aryl methyl sites for hydroxylation is 1. The summed E-state index contributed by atoms with van der Waals surface area (Å²) >= 11 is 0. The Morgan fingerprint density at radius 1 is 0.929 bits per heavy atom. The van der Waals surface area contributed by atoms with Gasteiger partial charge in [-0.2, -0.15) is 0 Å².